The molecule has 0 spiro atoms. The molecule has 2 aliphatic carbocycles. The SMILES string of the molecule is CNC1CC(Oc2ccc3c(c2)CCCC3)C1(C)C. The van der Waals surface area contributed by atoms with Crippen LogP contribution in [0.3, 0.4) is 0 Å². The van der Waals surface area contributed by atoms with Gasteiger partial charge in [0.25, 0.3) is 0 Å². The molecule has 0 bridgehead atoms. The van der Waals surface area contributed by atoms with Crippen molar-refractivity contribution in [3.8, 4) is 5.75 Å². The van der Waals surface area contributed by atoms with Gasteiger partial charge in [0.2, 0.25) is 0 Å². The molecule has 104 valence electrons. The second-order valence-corrected chi connectivity index (χ2v) is 6.64. The fraction of sp³-hybridized carbons (Fsp3) is 0.647. The van der Waals surface area contributed by atoms with Crippen LogP contribution in [0.4, 0.5) is 0 Å². The lowest BCUT2D eigenvalue weighted by atomic mass is 9.64. The van der Waals surface area contributed by atoms with E-state index >= 15 is 0 Å². The molecule has 1 fully saturated rings. The molecule has 1 aromatic carbocycles. The molecule has 0 heterocycles. The third-order valence-electron chi connectivity index (χ3n) is 5.12. The largest absolute Gasteiger partial charge is 0.490 e. The second kappa shape index (κ2) is 4.82. The van der Waals surface area contributed by atoms with Crippen LogP contribution in [0.1, 0.15) is 44.2 Å². The summed E-state index contributed by atoms with van der Waals surface area (Å²) >= 11 is 0. The van der Waals surface area contributed by atoms with Crippen LogP contribution in [0.25, 0.3) is 0 Å². The number of aryl methyl sites for hydroxylation is 2. The quantitative estimate of drug-likeness (QED) is 0.899. The molecule has 0 aromatic heterocycles. The van der Waals surface area contributed by atoms with Crippen LogP contribution in [0.2, 0.25) is 0 Å². The Morgan fingerprint density at radius 1 is 1.16 bits per heavy atom. The highest BCUT2D eigenvalue weighted by Gasteiger charge is 2.49. The van der Waals surface area contributed by atoms with Crippen molar-refractivity contribution in [1.29, 1.82) is 0 Å². The van der Waals surface area contributed by atoms with E-state index in [1.165, 1.54) is 36.8 Å². The summed E-state index contributed by atoms with van der Waals surface area (Å²) in [6.07, 6.45) is 6.58. The Hall–Kier alpha value is -1.02. The third kappa shape index (κ3) is 2.27. The molecule has 1 aromatic rings. The fourth-order valence-corrected chi connectivity index (χ4v) is 3.52. The van der Waals surface area contributed by atoms with Gasteiger partial charge in [0.1, 0.15) is 11.9 Å². The number of fused-ring (bicyclic) bond motifs is 1. The highest BCUT2D eigenvalue weighted by Crippen LogP contribution is 2.43. The summed E-state index contributed by atoms with van der Waals surface area (Å²) in [7, 11) is 2.04. The Morgan fingerprint density at radius 2 is 1.89 bits per heavy atom. The molecule has 2 heteroatoms. The molecule has 2 nitrogen and oxygen atoms in total. The molecule has 1 N–H and O–H groups in total. The lowest BCUT2D eigenvalue weighted by Gasteiger charge is -2.51. The van der Waals surface area contributed by atoms with Crippen LogP contribution in [0, 0.1) is 5.41 Å². The Kier molecular flexibility index (Phi) is 3.30. The molecule has 1 saturated carbocycles. The first-order valence-corrected chi connectivity index (χ1v) is 7.57. The van der Waals surface area contributed by atoms with Crippen molar-refractivity contribution >= 4 is 0 Å². The maximum Gasteiger partial charge on any atom is 0.120 e. The molecule has 2 aliphatic rings. The predicted molar refractivity (Wildman–Crippen MR) is 78.7 cm³/mol. The molecule has 0 saturated heterocycles. The maximum atomic E-state index is 6.22. The maximum absolute atomic E-state index is 6.22. The van der Waals surface area contributed by atoms with Crippen molar-refractivity contribution in [2.24, 2.45) is 5.41 Å². The molecular weight excluding hydrogens is 234 g/mol. The minimum absolute atomic E-state index is 0.227. The minimum Gasteiger partial charge on any atom is -0.490 e. The van der Waals surface area contributed by atoms with Crippen LogP contribution < -0.4 is 10.1 Å². The van der Waals surface area contributed by atoms with Gasteiger partial charge in [-0.1, -0.05) is 19.9 Å². The Balaban J connectivity index is 1.71. The topological polar surface area (TPSA) is 21.3 Å². The first-order valence-electron chi connectivity index (χ1n) is 7.57. The average molecular weight is 259 g/mol. The minimum atomic E-state index is 0.227. The standard InChI is InChI=1S/C17H25NO/c1-17(2)15(18-3)11-16(17)19-14-9-8-12-6-4-5-7-13(12)10-14/h8-10,15-16,18H,4-7,11H2,1-3H3. The Labute approximate surface area is 116 Å². The Bertz CT molecular complexity index is 466. The van der Waals surface area contributed by atoms with Crippen molar-refractivity contribution in [2.75, 3.05) is 7.05 Å². The number of hydrogen-bond acceptors (Lipinski definition) is 2. The van der Waals surface area contributed by atoms with Gasteiger partial charge in [-0.25, -0.2) is 0 Å². The summed E-state index contributed by atoms with van der Waals surface area (Å²) in [6.45, 7) is 4.58. The van der Waals surface area contributed by atoms with Gasteiger partial charge in [-0.05, 0) is 56.0 Å². The normalized spacial score (nSPS) is 28.4. The van der Waals surface area contributed by atoms with Crippen LogP contribution in [0.15, 0.2) is 18.2 Å². The molecule has 2 atom stereocenters. The van der Waals surface area contributed by atoms with Gasteiger partial charge in [-0.3, -0.25) is 0 Å². The zero-order valence-electron chi connectivity index (χ0n) is 12.3. The summed E-state index contributed by atoms with van der Waals surface area (Å²) in [5.41, 5.74) is 3.26. The molecule has 0 aliphatic heterocycles. The van der Waals surface area contributed by atoms with E-state index in [4.69, 9.17) is 4.74 Å². The summed E-state index contributed by atoms with van der Waals surface area (Å²) in [6, 6.07) is 7.28. The van der Waals surface area contributed by atoms with E-state index in [0.717, 1.165) is 12.2 Å². The highest BCUT2D eigenvalue weighted by atomic mass is 16.5. The molecular formula is C17H25NO. The zero-order chi connectivity index (χ0) is 13.5. The van der Waals surface area contributed by atoms with Gasteiger partial charge in [0, 0.05) is 17.9 Å². The van der Waals surface area contributed by atoms with E-state index in [-0.39, 0.29) is 5.41 Å². The van der Waals surface area contributed by atoms with E-state index < -0.39 is 0 Å². The summed E-state index contributed by atoms with van der Waals surface area (Å²) < 4.78 is 6.22. The van der Waals surface area contributed by atoms with Crippen LogP contribution >= 0.6 is 0 Å². The third-order valence-corrected chi connectivity index (χ3v) is 5.12. The molecule has 2 unspecified atom stereocenters. The number of nitrogens with one attached hydrogen (secondary N) is 1. The predicted octanol–water partition coefficient (Wildman–Crippen LogP) is 3.33. The number of ether oxygens (including phenoxy) is 1. The van der Waals surface area contributed by atoms with E-state index in [1.807, 2.05) is 7.05 Å². The first-order chi connectivity index (χ1) is 9.11. The van der Waals surface area contributed by atoms with Gasteiger partial charge >= 0.3 is 0 Å². The summed E-state index contributed by atoms with van der Waals surface area (Å²) in [5.74, 6) is 1.06. The summed E-state index contributed by atoms with van der Waals surface area (Å²) in [4.78, 5) is 0. The van der Waals surface area contributed by atoms with Gasteiger partial charge in [-0.15, -0.1) is 0 Å². The molecule has 3 rings (SSSR count). The first kappa shape index (κ1) is 13.0. The highest BCUT2D eigenvalue weighted by molar-refractivity contribution is 5.37. The Morgan fingerprint density at radius 3 is 2.58 bits per heavy atom. The number of benzene rings is 1. The van der Waals surface area contributed by atoms with Gasteiger partial charge in [0.05, 0.1) is 0 Å². The van der Waals surface area contributed by atoms with Gasteiger partial charge in [0.15, 0.2) is 0 Å². The fourth-order valence-electron chi connectivity index (χ4n) is 3.52. The van der Waals surface area contributed by atoms with E-state index in [0.29, 0.717) is 12.1 Å². The van der Waals surface area contributed by atoms with E-state index in [2.05, 4.69) is 37.4 Å². The number of rotatable bonds is 3. The van der Waals surface area contributed by atoms with Crippen LogP contribution in [0.5, 0.6) is 5.75 Å². The molecule has 19 heavy (non-hydrogen) atoms. The van der Waals surface area contributed by atoms with Crippen molar-refractivity contribution in [1.82, 2.24) is 5.32 Å². The molecule has 0 radical (unpaired) electrons. The van der Waals surface area contributed by atoms with Gasteiger partial charge < -0.3 is 10.1 Å². The van der Waals surface area contributed by atoms with Gasteiger partial charge in [-0.2, -0.15) is 0 Å². The van der Waals surface area contributed by atoms with Crippen molar-refractivity contribution in [3.63, 3.8) is 0 Å². The van der Waals surface area contributed by atoms with Crippen LogP contribution in [-0.4, -0.2) is 19.2 Å². The van der Waals surface area contributed by atoms with Crippen molar-refractivity contribution < 1.29 is 4.74 Å². The average Bonchev–Trinajstić information content (AvgIpc) is 2.42. The lowest BCUT2D eigenvalue weighted by molar-refractivity contribution is -0.0521. The number of hydrogen-bond donors (Lipinski definition) is 1. The van der Waals surface area contributed by atoms with E-state index in [9.17, 15) is 0 Å². The van der Waals surface area contributed by atoms with Crippen molar-refractivity contribution in [2.45, 2.75) is 58.1 Å². The molecule has 0 amide bonds. The van der Waals surface area contributed by atoms with Crippen molar-refractivity contribution in [3.05, 3.63) is 29.3 Å². The lowest BCUT2D eigenvalue weighted by Crippen LogP contribution is -2.61. The summed E-state index contributed by atoms with van der Waals surface area (Å²) in [5, 5.41) is 3.38. The zero-order valence-corrected chi connectivity index (χ0v) is 12.3. The van der Waals surface area contributed by atoms with Crippen LogP contribution in [-0.2, 0) is 12.8 Å². The second-order valence-electron chi connectivity index (χ2n) is 6.64. The monoisotopic (exact) mass is 259 g/mol. The smallest absolute Gasteiger partial charge is 0.120 e. The van der Waals surface area contributed by atoms with E-state index in [1.54, 1.807) is 0 Å².